The highest BCUT2D eigenvalue weighted by atomic mass is 32.3. The van der Waals surface area contributed by atoms with E-state index in [2.05, 4.69) is 4.28 Å². The van der Waals surface area contributed by atoms with Gasteiger partial charge in [0.25, 0.3) is 11.3 Å². The highest BCUT2D eigenvalue weighted by Gasteiger charge is 2.40. The summed E-state index contributed by atoms with van der Waals surface area (Å²) in [7, 11) is 0. The van der Waals surface area contributed by atoms with Crippen molar-refractivity contribution in [3.05, 3.63) is 0 Å². The van der Waals surface area contributed by atoms with E-state index < -0.39 is 11.3 Å². The van der Waals surface area contributed by atoms with Crippen molar-refractivity contribution in [3.8, 4) is 0 Å². The third kappa shape index (κ3) is 0.712. The molecule has 32 valence electrons. The second-order valence-electron chi connectivity index (χ2n) is 0.589. The molecule has 0 spiro atoms. The summed E-state index contributed by atoms with van der Waals surface area (Å²) in [4.78, 5) is 1.42. The van der Waals surface area contributed by atoms with E-state index in [-0.39, 0.29) is 0 Å². The molecule has 0 aliphatic carbocycles. The lowest BCUT2D eigenvalue weighted by molar-refractivity contribution is 0.454. The largest absolute Gasteiger partial charge is 0.279 e. The fraction of sp³-hybridized carbons (Fsp3) is 0. The zero-order chi connectivity index (χ0) is 3.91. The predicted molar refractivity (Wildman–Crippen MR) is 14.0 cm³/mol. The molecule has 2 nitrogen and oxygen atoms in total. The van der Waals surface area contributed by atoms with Crippen LogP contribution in [0, 0.1) is 0 Å². The maximum atomic E-state index is 10.9. The van der Waals surface area contributed by atoms with Gasteiger partial charge < -0.3 is 0 Å². The Hall–Kier alpha value is 0.130. The molecule has 0 radical (unpaired) electrons. The summed E-state index contributed by atoms with van der Waals surface area (Å²) in [6.45, 7) is 0. The van der Waals surface area contributed by atoms with Gasteiger partial charge in [-0.2, -0.15) is 4.28 Å². The van der Waals surface area contributed by atoms with Gasteiger partial charge in [-0.1, -0.05) is 4.89 Å². The second kappa shape index (κ2) is 0.612. The van der Waals surface area contributed by atoms with Crippen LogP contribution in [0.15, 0.2) is 0 Å². The number of rotatable bonds is 0. The molecule has 1 aliphatic rings. The lowest BCUT2D eigenvalue weighted by Gasteiger charge is -1.72. The molecule has 0 saturated carbocycles. The minimum absolute atomic E-state index is 1.42. The molecular formula is HF2NOS. The summed E-state index contributed by atoms with van der Waals surface area (Å²) < 4.78 is 25.2. The maximum absolute atomic E-state index is 10.9. The Morgan fingerprint density at radius 3 is 1.80 bits per heavy atom. The molecule has 0 amide bonds. The molecule has 0 unspecified atom stereocenters. The average molecular weight is 101 g/mol. The van der Waals surface area contributed by atoms with Crippen molar-refractivity contribution in [2.75, 3.05) is 0 Å². The Morgan fingerprint density at radius 1 is 1.60 bits per heavy atom. The van der Waals surface area contributed by atoms with E-state index in [1.165, 1.54) is 4.89 Å². The first-order chi connectivity index (χ1) is 2.21. The number of hydrogen-bond acceptors (Lipinski definition) is 2. The molecular weight excluding hydrogens is 100 g/mol. The van der Waals surface area contributed by atoms with E-state index in [1.54, 1.807) is 0 Å². The van der Waals surface area contributed by atoms with Crippen LogP contribution in [0.1, 0.15) is 0 Å². The third-order valence-corrected chi connectivity index (χ3v) is 0.628. The highest BCUT2D eigenvalue weighted by molar-refractivity contribution is 8.23. The summed E-state index contributed by atoms with van der Waals surface area (Å²) in [6, 6.07) is 0. The molecule has 0 atom stereocenters. The number of halogens is 2. The summed E-state index contributed by atoms with van der Waals surface area (Å²) >= 11 is -3.67. The molecule has 1 aliphatic heterocycles. The van der Waals surface area contributed by atoms with E-state index in [4.69, 9.17) is 0 Å². The molecule has 5 heteroatoms. The second-order valence-corrected chi connectivity index (χ2v) is 1.77. The highest BCUT2D eigenvalue weighted by Crippen LogP contribution is 2.59. The molecule has 5 heavy (non-hydrogen) atoms. The standard InChI is InChI=1S/F2HNOS/c1-5(2)3-4-5/h3H. The Bertz CT molecular complexity index is 47.6. The van der Waals surface area contributed by atoms with Crippen molar-refractivity contribution >= 4 is 11.3 Å². The molecule has 0 aromatic carbocycles. The minimum atomic E-state index is -3.67. The van der Waals surface area contributed by atoms with Gasteiger partial charge >= 0.3 is 0 Å². The topological polar surface area (TPSA) is 34.5 Å². The number of nitrogens with one attached hydrogen (secondary N) is 1. The first-order valence-electron chi connectivity index (χ1n) is 0.884. The average Bonchev–Trinajstić information content (AvgIpc) is 1.76. The molecule has 1 saturated heterocycles. The molecule has 0 bridgehead atoms. The van der Waals surface area contributed by atoms with Crippen LogP contribution in [-0.4, -0.2) is 0 Å². The van der Waals surface area contributed by atoms with Crippen LogP contribution in [0.4, 0.5) is 7.77 Å². The quantitative estimate of drug-likeness (QED) is 0.460. The van der Waals surface area contributed by atoms with Gasteiger partial charge in [0.1, 0.15) is 0 Å². The van der Waals surface area contributed by atoms with Gasteiger partial charge in [0.2, 0.25) is 0 Å². The van der Waals surface area contributed by atoms with E-state index >= 15 is 0 Å². The van der Waals surface area contributed by atoms with E-state index in [0.29, 0.717) is 0 Å². The van der Waals surface area contributed by atoms with Crippen molar-refractivity contribution in [2.24, 2.45) is 0 Å². The van der Waals surface area contributed by atoms with Crippen molar-refractivity contribution in [2.45, 2.75) is 0 Å². The van der Waals surface area contributed by atoms with Gasteiger partial charge in [0.05, 0.1) is 0 Å². The van der Waals surface area contributed by atoms with Gasteiger partial charge in [0, 0.05) is 0 Å². The van der Waals surface area contributed by atoms with Gasteiger partial charge in [0.15, 0.2) is 0 Å². The molecule has 1 fully saturated rings. The summed E-state index contributed by atoms with van der Waals surface area (Å²) in [5, 5.41) is 0. The van der Waals surface area contributed by atoms with E-state index in [9.17, 15) is 7.77 Å². The summed E-state index contributed by atoms with van der Waals surface area (Å²) in [5.41, 5.74) is 0. The SMILES string of the molecule is FS1(F)NO1. The van der Waals surface area contributed by atoms with Crippen LogP contribution in [0.2, 0.25) is 0 Å². The van der Waals surface area contributed by atoms with Gasteiger partial charge in [-0.15, -0.1) is 7.77 Å². The first kappa shape index (κ1) is 3.32. The van der Waals surface area contributed by atoms with Crippen LogP contribution in [-0.2, 0) is 4.28 Å². The van der Waals surface area contributed by atoms with Gasteiger partial charge in [-0.3, -0.25) is 0 Å². The Kier molecular flexibility index (Phi) is 0.407. The number of hydrogen-bond donors (Lipinski definition) is 1. The lowest BCUT2D eigenvalue weighted by Crippen LogP contribution is -1.58. The van der Waals surface area contributed by atoms with Crippen LogP contribution < -0.4 is 4.89 Å². The normalized spacial score (nSPS) is 36.4. The lowest BCUT2D eigenvalue weighted by atomic mass is 13.6. The van der Waals surface area contributed by atoms with Crippen molar-refractivity contribution < 1.29 is 12.1 Å². The van der Waals surface area contributed by atoms with E-state index in [0.717, 1.165) is 0 Å². The van der Waals surface area contributed by atoms with Crippen molar-refractivity contribution in [3.63, 3.8) is 0 Å². The predicted octanol–water partition coefficient (Wildman–Crippen LogP) is 0.925. The van der Waals surface area contributed by atoms with E-state index in [1.807, 2.05) is 0 Å². The van der Waals surface area contributed by atoms with Crippen molar-refractivity contribution in [1.82, 2.24) is 4.89 Å². The van der Waals surface area contributed by atoms with Crippen LogP contribution >= 0.6 is 11.3 Å². The Labute approximate surface area is 29.3 Å². The van der Waals surface area contributed by atoms with Gasteiger partial charge in [-0.05, 0) is 0 Å². The monoisotopic (exact) mass is 101 g/mol. The third-order valence-electron chi connectivity index (χ3n) is 0.209. The fourth-order valence-corrected chi connectivity index (χ4v) is 0.231. The molecule has 1 rings (SSSR count). The van der Waals surface area contributed by atoms with Crippen LogP contribution in [0.5, 0.6) is 0 Å². The Morgan fingerprint density at radius 2 is 1.80 bits per heavy atom. The van der Waals surface area contributed by atoms with Gasteiger partial charge in [-0.25, -0.2) is 0 Å². The van der Waals surface area contributed by atoms with Crippen molar-refractivity contribution in [1.29, 1.82) is 0 Å². The molecule has 0 aromatic heterocycles. The summed E-state index contributed by atoms with van der Waals surface area (Å²) in [5.74, 6) is 0. The molecule has 1 heterocycles. The molecule has 1 N–H and O–H groups in total. The summed E-state index contributed by atoms with van der Waals surface area (Å²) in [6.07, 6.45) is 0. The Balaban J connectivity index is 2.38. The first-order valence-corrected chi connectivity index (χ1v) is 2.24. The zero-order valence-electron chi connectivity index (χ0n) is 2.07. The molecule has 0 aromatic rings. The zero-order valence-corrected chi connectivity index (χ0v) is 2.89. The minimum Gasteiger partial charge on any atom is -0.167 e. The van der Waals surface area contributed by atoms with Crippen LogP contribution in [0.25, 0.3) is 0 Å². The van der Waals surface area contributed by atoms with Crippen LogP contribution in [0.3, 0.4) is 0 Å². The fourth-order valence-electron chi connectivity index (χ4n) is 0.0257. The maximum Gasteiger partial charge on any atom is 0.279 e. The smallest absolute Gasteiger partial charge is 0.167 e.